The van der Waals surface area contributed by atoms with Gasteiger partial charge < -0.3 is 15.2 Å². The van der Waals surface area contributed by atoms with Crippen LogP contribution in [0.5, 0.6) is 0 Å². The molecule has 1 heterocycles. The van der Waals surface area contributed by atoms with Gasteiger partial charge in [-0.1, -0.05) is 19.8 Å². The molecule has 0 aromatic rings. The lowest BCUT2D eigenvalue weighted by Gasteiger charge is -2.13. The molecule has 0 aromatic carbocycles. The maximum absolute atomic E-state index is 9.36. The number of aliphatic hydroxyl groups is 1. The van der Waals surface area contributed by atoms with Crippen molar-refractivity contribution in [3.8, 4) is 0 Å². The summed E-state index contributed by atoms with van der Waals surface area (Å²) in [7, 11) is 0. The van der Waals surface area contributed by atoms with Crippen molar-refractivity contribution in [2.75, 3.05) is 19.8 Å². The Morgan fingerprint density at radius 1 is 1.42 bits per heavy atom. The van der Waals surface area contributed by atoms with Crippen molar-refractivity contribution in [2.24, 2.45) is 0 Å². The van der Waals surface area contributed by atoms with Crippen LogP contribution < -0.4 is 5.32 Å². The minimum atomic E-state index is -0.299. The van der Waals surface area contributed by atoms with Crippen molar-refractivity contribution in [1.29, 1.82) is 0 Å². The molecule has 0 aromatic heterocycles. The van der Waals surface area contributed by atoms with E-state index in [-0.39, 0.29) is 12.1 Å². The highest BCUT2D eigenvalue weighted by Gasteiger charge is 2.24. The second kappa shape index (κ2) is 5.51. The first-order valence-electron chi connectivity index (χ1n) is 4.83. The van der Waals surface area contributed by atoms with Crippen LogP contribution in [0, 0.1) is 0 Å². The Morgan fingerprint density at radius 2 is 2.25 bits per heavy atom. The summed E-state index contributed by atoms with van der Waals surface area (Å²) < 4.78 is 5.11. The van der Waals surface area contributed by atoms with Gasteiger partial charge in [0.1, 0.15) is 0 Å². The van der Waals surface area contributed by atoms with Gasteiger partial charge in [0, 0.05) is 0 Å². The average molecular weight is 173 g/mol. The van der Waals surface area contributed by atoms with E-state index in [1.807, 2.05) is 0 Å². The molecule has 3 nitrogen and oxygen atoms in total. The molecule has 1 saturated heterocycles. The quantitative estimate of drug-likeness (QED) is 0.596. The van der Waals surface area contributed by atoms with Gasteiger partial charge in [0.15, 0.2) is 0 Å². The largest absolute Gasteiger partial charge is 0.389 e. The lowest BCUT2D eigenvalue weighted by Crippen LogP contribution is -2.39. The zero-order valence-electron chi connectivity index (χ0n) is 7.75. The third kappa shape index (κ3) is 3.09. The molecule has 12 heavy (non-hydrogen) atoms. The van der Waals surface area contributed by atoms with E-state index in [0.29, 0.717) is 13.2 Å². The number of unbranched alkanes of at least 4 members (excludes halogenated alkanes) is 2. The molecular formula is C9H19NO2. The highest BCUT2D eigenvalue weighted by atomic mass is 16.5. The molecule has 0 spiro atoms. The summed E-state index contributed by atoms with van der Waals surface area (Å²) in [5, 5.41) is 12.6. The Bertz CT molecular complexity index is 119. The minimum Gasteiger partial charge on any atom is -0.389 e. The van der Waals surface area contributed by atoms with Crippen LogP contribution in [-0.2, 0) is 4.74 Å². The van der Waals surface area contributed by atoms with Gasteiger partial charge >= 0.3 is 0 Å². The Hall–Kier alpha value is -0.120. The van der Waals surface area contributed by atoms with Crippen molar-refractivity contribution in [3.05, 3.63) is 0 Å². The number of hydrogen-bond donors (Lipinski definition) is 2. The van der Waals surface area contributed by atoms with Crippen LogP contribution in [0.1, 0.15) is 26.2 Å². The van der Waals surface area contributed by atoms with Crippen LogP contribution in [0.3, 0.4) is 0 Å². The number of aliphatic hydroxyl groups excluding tert-OH is 1. The summed E-state index contributed by atoms with van der Waals surface area (Å²) in [6, 6.07) is 0.168. The molecule has 0 bridgehead atoms. The average Bonchev–Trinajstić information content (AvgIpc) is 2.46. The molecule has 0 radical (unpaired) electrons. The van der Waals surface area contributed by atoms with E-state index in [0.717, 1.165) is 6.54 Å². The van der Waals surface area contributed by atoms with Gasteiger partial charge in [-0.2, -0.15) is 0 Å². The fourth-order valence-corrected chi connectivity index (χ4v) is 1.40. The van der Waals surface area contributed by atoms with E-state index in [2.05, 4.69) is 12.2 Å². The lowest BCUT2D eigenvalue weighted by atomic mass is 10.2. The van der Waals surface area contributed by atoms with Gasteiger partial charge in [0.25, 0.3) is 0 Å². The summed E-state index contributed by atoms with van der Waals surface area (Å²) in [5.41, 5.74) is 0. The molecule has 1 aliphatic rings. The lowest BCUT2D eigenvalue weighted by molar-refractivity contribution is 0.122. The van der Waals surface area contributed by atoms with Gasteiger partial charge in [-0.3, -0.25) is 0 Å². The fourth-order valence-electron chi connectivity index (χ4n) is 1.40. The second-order valence-electron chi connectivity index (χ2n) is 3.37. The molecule has 2 atom stereocenters. The zero-order chi connectivity index (χ0) is 8.81. The van der Waals surface area contributed by atoms with Crippen LogP contribution >= 0.6 is 0 Å². The standard InChI is InChI=1S/C9H19NO2/c1-2-3-4-5-10-8-6-12-7-9(8)11/h8-11H,2-7H2,1H3/t8-,9-/m1/s1. The number of hydrogen-bond acceptors (Lipinski definition) is 3. The van der Waals surface area contributed by atoms with Gasteiger partial charge in [0.05, 0.1) is 25.4 Å². The van der Waals surface area contributed by atoms with Crippen molar-refractivity contribution in [2.45, 2.75) is 38.3 Å². The minimum absolute atomic E-state index is 0.168. The van der Waals surface area contributed by atoms with Crippen LogP contribution in [-0.4, -0.2) is 37.0 Å². The summed E-state index contributed by atoms with van der Waals surface area (Å²) in [6.07, 6.45) is 3.40. The summed E-state index contributed by atoms with van der Waals surface area (Å²) >= 11 is 0. The SMILES string of the molecule is CCCCCN[C@@H]1COC[C@H]1O. The molecule has 1 rings (SSSR count). The Morgan fingerprint density at radius 3 is 2.83 bits per heavy atom. The highest BCUT2D eigenvalue weighted by molar-refractivity contribution is 4.80. The predicted octanol–water partition coefficient (Wildman–Crippen LogP) is 0.526. The normalized spacial score (nSPS) is 29.5. The molecule has 0 unspecified atom stereocenters. The van der Waals surface area contributed by atoms with Crippen molar-refractivity contribution in [3.63, 3.8) is 0 Å². The monoisotopic (exact) mass is 173 g/mol. The smallest absolute Gasteiger partial charge is 0.0948 e. The highest BCUT2D eigenvalue weighted by Crippen LogP contribution is 2.05. The maximum atomic E-state index is 9.36. The van der Waals surface area contributed by atoms with E-state index < -0.39 is 0 Å². The predicted molar refractivity (Wildman–Crippen MR) is 48.1 cm³/mol. The maximum Gasteiger partial charge on any atom is 0.0948 e. The molecule has 0 aliphatic carbocycles. The van der Waals surface area contributed by atoms with Crippen LogP contribution in [0.25, 0.3) is 0 Å². The van der Waals surface area contributed by atoms with Gasteiger partial charge in [0.2, 0.25) is 0 Å². The number of rotatable bonds is 5. The number of nitrogens with one attached hydrogen (secondary N) is 1. The number of ether oxygens (including phenoxy) is 1. The molecule has 1 aliphatic heterocycles. The molecule has 3 heteroatoms. The molecule has 1 fully saturated rings. The second-order valence-corrected chi connectivity index (χ2v) is 3.37. The molecule has 72 valence electrons. The van der Waals surface area contributed by atoms with Crippen LogP contribution in [0.2, 0.25) is 0 Å². The van der Waals surface area contributed by atoms with Crippen molar-refractivity contribution in [1.82, 2.24) is 5.32 Å². The summed E-state index contributed by atoms with van der Waals surface area (Å²) in [6.45, 7) is 4.34. The van der Waals surface area contributed by atoms with Crippen molar-refractivity contribution >= 4 is 0 Å². The van der Waals surface area contributed by atoms with E-state index in [9.17, 15) is 5.11 Å². The molecular weight excluding hydrogens is 154 g/mol. The third-order valence-electron chi connectivity index (χ3n) is 2.24. The fraction of sp³-hybridized carbons (Fsp3) is 1.00. The van der Waals surface area contributed by atoms with E-state index in [1.54, 1.807) is 0 Å². The Balaban J connectivity index is 1.98. The zero-order valence-corrected chi connectivity index (χ0v) is 7.75. The first-order chi connectivity index (χ1) is 5.84. The first-order valence-corrected chi connectivity index (χ1v) is 4.83. The van der Waals surface area contributed by atoms with Gasteiger partial charge in [-0.05, 0) is 13.0 Å². The van der Waals surface area contributed by atoms with E-state index in [4.69, 9.17) is 4.74 Å². The Labute approximate surface area is 74.1 Å². The molecule has 2 N–H and O–H groups in total. The molecule has 0 amide bonds. The van der Waals surface area contributed by atoms with Crippen LogP contribution in [0.15, 0.2) is 0 Å². The topological polar surface area (TPSA) is 41.5 Å². The van der Waals surface area contributed by atoms with Gasteiger partial charge in [-0.25, -0.2) is 0 Å². The third-order valence-corrected chi connectivity index (χ3v) is 2.24. The van der Waals surface area contributed by atoms with Crippen LogP contribution in [0.4, 0.5) is 0 Å². The van der Waals surface area contributed by atoms with Gasteiger partial charge in [-0.15, -0.1) is 0 Å². The first kappa shape index (κ1) is 9.96. The van der Waals surface area contributed by atoms with Crippen molar-refractivity contribution < 1.29 is 9.84 Å². The van der Waals surface area contributed by atoms with E-state index in [1.165, 1.54) is 19.3 Å². The summed E-state index contributed by atoms with van der Waals surface area (Å²) in [5.74, 6) is 0. The Kier molecular flexibility index (Phi) is 4.58. The molecule has 0 saturated carbocycles. The summed E-state index contributed by atoms with van der Waals surface area (Å²) in [4.78, 5) is 0. The van der Waals surface area contributed by atoms with E-state index >= 15 is 0 Å².